The number of likely N-dealkylation sites (N-methyl/N-ethyl adjacent to an activating group) is 1. The summed E-state index contributed by atoms with van der Waals surface area (Å²) in [6.07, 6.45) is 0.864. The third-order valence-corrected chi connectivity index (χ3v) is 3.37. The molecule has 1 aliphatic heterocycles. The number of thioether (sulfide) groups is 1. The molecule has 0 aromatic carbocycles. The minimum atomic E-state index is -0.124. The Hall–Kier alpha value is -0.750. The fourth-order valence-electron chi connectivity index (χ4n) is 1.56. The largest absolute Gasteiger partial charge is 0.358 e. The first-order valence-electron chi connectivity index (χ1n) is 5.49. The van der Waals surface area contributed by atoms with Crippen LogP contribution in [-0.4, -0.2) is 54.5 Å². The van der Waals surface area contributed by atoms with Crippen molar-refractivity contribution in [3.8, 4) is 0 Å². The lowest BCUT2D eigenvalue weighted by molar-refractivity contribution is -0.137. The number of hydrogen-bond donors (Lipinski definition) is 2. The Morgan fingerprint density at radius 3 is 2.81 bits per heavy atom. The summed E-state index contributed by atoms with van der Waals surface area (Å²) in [6.45, 7) is 2.79. The van der Waals surface area contributed by atoms with E-state index in [1.54, 1.807) is 23.7 Å². The normalized spacial score (nSPS) is 19.5. The molecule has 1 fully saturated rings. The second-order valence-corrected chi connectivity index (χ2v) is 4.74. The van der Waals surface area contributed by atoms with Crippen molar-refractivity contribution in [3.05, 3.63) is 0 Å². The van der Waals surface area contributed by atoms with E-state index in [9.17, 15) is 9.59 Å². The van der Waals surface area contributed by atoms with Crippen LogP contribution < -0.4 is 10.6 Å². The number of nitrogens with zero attached hydrogens (tertiary/aromatic N) is 1. The molecule has 0 aromatic heterocycles. The molecule has 5 nitrogen and oxygen atoms in total. The summed E-state index contributed by atoms with van der Waals surface area (Å²) in [5.74, 6) is 1.53. The smallest absolute Gasteiger partial charge is 0.241 e. The first kappa shape index (κ1) is 13.3. The highest BCUT2D eigenvalue weighted by Gasteiger charge is 2.27. The Bertz CT molecular complexity index is 254. The molecule has 2 N–H and O–H groups in total. The predicted octanol–water partition coefficient (Wildman–Crippen LogP) is -0.366. The second kappa shape index (κ2) is 6.75. The van der Waals surface area contributed by atoms with E-state index in [0.717, 1.165) is 18.1 Å². The van der Waals surface area contributed by atoms with Crippen molar-refractivity contribution < 1.29 is 9.59 Å². The van der Waals surface area contributed by atoms with Gasteiger partial charge >= 0.3 is 0 Å². The van der Waals surface area contributed by atoms with Gasteiger partial charge in [-0.2, -0.15) is 0 Å². The van der Waals surface area contributed by atoms with E-state index in [4.69, 9.17) is 0 Å². The topological polar surface area (TPSA) is 61.4 Å². The minimum Gasteiger partial charge on any atom is -0.358 e. The first-order chi connectivity index (χ1) is 7.69. The molecule has 0 saturated carbocycles. The molecule has 6 heteroatoms. The molecule has 2 amide bonds. The van der Waals surface area contributed by atoms with Crippen molar-refractivity contribution in [3.63, 3.8) is 0 Å². The van der Waals surface area contributed by atoms with Crippen LogP contribution in [0.1, 0.15) is 13.3 Å². The fraction of sp³-hybridized carbons (Fsp3) is 0.800. The van der Waals surface area contributed by atoms with Crippen LogP contribution in [0, 0.1) is 0 Å². The molecule has 92 valence electrons. The number of rotatable bonds is 5. The maximum absolute atomic E-state index is 12.1. The van der Waals surface area contributed by atoms with Gasteiger partial charge in [-0.1, -0.05) is 6.92 Å². The number of nitrogens with one attached hydrogen (secondary N) is 2. The second-order valence-electron chi connectivity index (χ2n) is 3.70. The number of hydrogen-bond acceptors (Lipinski definition) is 4. The standard InChI is InChI=1S/C10H19N3O2S/c1-3-4-13(5-9(14)11-2)10(15)8-6-16-7-12-8/h8,12H,3-7H2,1-2H3,(H,11,14). The van der Waals surface area contributed by atoms with Crippen molar-refractivity contribution >= 4 is 23.6 Å². The molecule has 1 aliphatic rings. The monoisotopic (exact) mass is 245 g/mol. The maximum atomic E-state index is 12.1. The lowest BCUT2D eigenvalue weighted by Gasteiger charge is -2.24. The van der Waals surface area contributed by atoms with E-state index in [-0.39, 0.29) is 24.4 Å². The third kappa shape index (κ3) is 3.68. The van der Waals surface area contributed by atoms with Crippen molar-refractivity contribution in [2.45, 2.75) is 19.4 Å². The Morgan fingerprint density at radius 1 is 1.56 bits per heavy atom. The average molecular weight is 245 g/mol. The quantitative estimate of drug-likeness (QED) is 0.694. The van der Waals surface area contributed by atoms with Gasteiger partial charge in [-0.15, -0.1) is 11.8 Å². The molecule has 0 spiro atoms. The van der Waals surface area contributed by atoms with Gasteiger partial charge in [-0.3, -0.25) is 14.9 Å². The van der Waals surface area contributed by atoms with Crippen LogP contribution >= 0.6 is 11.8 Å². The third-order valence-electron chi connectivity index (χ3n) is 2.43. The molecule has 1 unspecified atom stereocenters. The molecule has 0 aliphatic carbocycles. The molecule has 1 heterocycles. The molecule has 1 rings (SSSR count). The van der Waals surface area contributed by atoms with Crippen LogP contribution in [0.3, 0.4) is 0 Å². The summed E-state index contributed by atoms with van der Waals surface area (Å²) >= 11 is 1.71. The zero-order valence-corrected chi connectivity index (χ0v) is 10.6. The lowest BCUT2D eigenvalue weighted by atomic mass is 10.2. The van der Waals surface area contributed by atoms with Gasteiger partial charge in [0.15, 0.2) is 0 Å². The van der Waals surface area contributed by atoms with Crippen LogP contribution in [0.25, 0.3) is 0 Å². The van der Waals surface area contributed by atoms with Gasteiger partial charge in [-0.05, 0) is 6.42 Å². The number of carbonyl (C=O) groups is 2. The van der Waals surface area contributed by atoms with Crippen molar-refractivity contribution in [2.24, 2.45) is 0 Å². The Labute approximate surface area is 100 Å². The number of carbonyl (C=O) groups excluding carboxylic acids is 2. The summed E-state index contributed by atoms with van der Waals surface area (Å²) < 4.78 is 0. The van der Waals surface area contributed by atoms with E-state index in [1.165, 1.54) is 0 Å². The summed E-state index contributed by atoms with van der Waals surface area (Å²) in [6, 6.07) is -0.124. The number of amides is 2. The zero-order chi connectivity index (χ0) is 12.0. The molecular formula is C10H19N3O2S. The van der Waals surface area contributed by atoms with Gasteiger partial charge in [0.05, 0.1) is 12.6 Å². The highest BCUT2D eigenvalue weighted by molar-refractivity contribution is 7.99. The van der Waals surface area contributed by atoms with Gasteiger partial charge < -0.3 is 10.2 Å². The Kier molecular flexibility index (Phi) is 5.62. The summed E-state index contributed by atoms with van der Waals surface area (Å²) in [7, 11) is 1.58. The van der Waals surface area contributed by atoms with Gasteiger partial charge in [0.2, 0.25) is 11.8 Å². The fourth-order valence-corrected chi connectivity index (χ4v) is 2.50. The molecule has 0 radical (unpaired) electrons. The summed E-state index contributed by atoms with van der Waals surface area (Å²) in [4.78, 5) is 25.0. The lowest BCUT2D eigenvalue weighted by Crippen LogP contribution is -2.48. The minimum absolute atomic E-state index is 0.0375. The molecule has 1 atom stereocenters. The van der Waals surface area contributed by atoms with Crippen LogP contribution in [0.4, 0.5) is 0 Å². The molecular weight excluding hydrogens is 226 g/mol. The van der Waals surface area contributed by atoms with Crippen LogP contribution in [-0.2, 0) is 9.59 Å². The highest BCUT2D eigenvalue weighted by atomic mass is 32.2. The Morgan fingerprint density at radius 2 is 2.31 bits per heavy atom. The van der Waals surface area contributed by atoms with E-state index < -0.39 is 0 Å². The summed E-state index contributed by atoms with van der Waals surface area (Å²) in [5.41, 5.74) is 0. The van der Waals surface area contributed by atoms with Crippen LogP contribution in [0.5, 0.6) is 0 Å². The molecule has 16 heavy (non-hydrogen) atoms. The molecule has 0 bridgehead atoms. The van der Waals surface area contributed by atoms with Crippen molar-refractivity contribution in [1.29, 1.82) is 0 Å². The molecule has 0 aromatic rings. The van der Waals surface area contributed by atoms with E-state index in [0.29, 0.717) is 6.54 Å². The maximum Gasteiger partial charge on any atom is 0.241 e. The van der Waals surface area contributed by atoms with Gasteiger partial charge in [0, 0.05) is 25.2 Å². The van der Waals surface area contributed by atoms with Crippen molar-refractivity contribution in [1.82, 2.24) is 15.5 Å². The molecule has 1 saturated heterocycles. The van der Waals surface area contributed by atoms with Gasteiger partial charge in [0.25, 0.3) is 0 Å². The average Bonchev–Trinajstić information content (AvgIpc) is 2.80. The highest BCUT2D eigenvalue weighted by Crippen LogP contribution is 2.12. The van der Waals surface area contributed by atoms with Crippen LogP contribution in [0.2, 0.25) is 0 Å². The van der Waals surface area contributed by atoms with Gasteiger partial charge in [-0.25, -0.2) is 0 Å². The van der Waals surface area contributed by atoms with E-state index >= 15 is 0 Å². The summed E-state index contributed by atoms with van der Waals surface area (Å²) in [5, 5.41) is 5.67. The van der Waals surface area contributed by atoms with Crippen molar-refractivity contribution in [2.75, 3.05) is 31.8 Å². The van der Waals surface area contributed by atoms with E-state index in [1.807, 2.05) is 6.92 Å². The predicted molar refractivity (Wildman–Crippen MR) is 65.2 cm³/mol. The first-order valence-corrected chi connectivity index (χ1v) is 6.65. The van der Waals surface area contributed by atoms with E-state index in [2.05, 4.69) is 10.6 Å². The van der Waals surface area contributed by atoms with Gasteiger partial charge in [0.1, 0.15) is 0 Å². The zero-order valence-electron chi connectivity index (χ0n) is 9.78. The Balaban J connectivity index is 2.53. The van der Waals surface area contributed by atoms with Crippen LogP contribution in [0.15, 0.2) is 0 Å². The SMILES string of the molecule is CCCN(CC(=O)NC)C(=O)C1CSCN1.